The van der Waals surface area contributed by atoms with E-state index in [1.54, 1.807) is 0 Å². The third-order valence-electron chi connectivity index (χ3n) is 5.55. The van der Waals surface area contributed by atoms with E-state index in [-0.39, 0.29) is 23.3 Å². The molecule has 180 valence electrons. The molecule has 0 radical (unpaired) electrons. The van der Waals surface area contributed by atoms with Crippen molar-refractivity contribution in [2.45, 2.75) is 40.6 Å². The molecule has 0 bridgehead atoms. The maximum atomic E-state index is 13.0. The average molecular weight is 526 g/mol. The molecule has 0 spiro atoms. The summed E-state index contributed by atoms with van der Waals surface area (Å²) in [5, 5.41) is 0.790. The first kappa shape index (κ1) is 24.1. The van der Waals surface area contributed by atoms with E-state index in [2.05, 4.69) is 15.3 Å². The van der Waals surface area contributed by atoms with Gasteiger partial charge in [-0.25, -0.2) is 22.7 Å². The summed E-state index contributed by atoms with van der Waals surface area (Å²) in [4.78, 5) is 20.7. The lowest BCUT2D eigenvalue weighted by atomic mass is 9.87. The van der Waals surface area contributed by atoms with Gasteiger partial charge in [-0.05, 0) is 31.1 Å². The minimum absolute atomic E-state index is 0.100. The van der Waals surface area contributed by atoms with Crippen LogP contribution in [0.2, 0.25) is 0 Å². The molecular weight excluding hydrogens is 507 g/mol. The number of ether oxygens (including phenoxy) is 1. The Bertz CT molecular complexity index is 1150. The highest BCUT2D eigenvalue weighted by atomic mass is 35.5. The van der Waals surface area contributed by atoms with Crippen LogP contribution in [0.15, 0.2) is 34.2 Å². The number of guanidine groups is 1. The predicted octanol–water partition coefficient (Wildman–Crippen LogP) is 2.11. The number of allylic oxidation sites excluding steroid dienone is 1. The first-order chi connectivity index (χ1) is 15.4. The highest BCUT2D eigenvalue weighted by molar-refractivity contribution is 8.05. The van der Waals surface area contributed by atoms with Crippen molar-refractivity contribution < 1.29 is 31.1 Å². The molecule has 4 heterocycles. The number of nitrogens with one attached hydrogen (secondary N) is 1. The quantitative estimate of drug-likeness (QED) is 0.579. The van der Waals surface area contributed by atoms with Crippen molar-refractivity contribution in [2.24, 2.45) is 10.7 Å². The van der Waals surface area contributed by atoms with Crippen molar-refractivity contribution in [3.63, 3.8) is 0 Å². The number of carbonyl (C=O) groups is 1. The van der Waals surface area contributed by atoms with Gasteiger partial charge in [-0.1, -0.05) is 6.07 Å². The van der Waals surface area contributed by atoms with Crippen molar-refractivity contribution >= 4 is 51.1 Å². The summed E-state index contributed by atoms with van der Waals surface area (Å²) in [7, 11) is -2.72. The van der Waals surface area contributed by atoms with Gasteiger partial charge in [-0.15, -0.1) is 23.4 Å². The number of pyridine rings is 1. The van der Waals surface area contributed by atoms with Gasteiger partial charge < -0.3 is 15.8 Å². The number of hydrogen-bond acceptors (Lipinski definition) is 8. The van der Waals surface area contributed by atoms with Crippen LogP contribution < -0.4 is 11.1 Å². The molecule has 3 unspecified atom stereocenters. The fourth-order valence-corrected chi connectivity index (χ4v) is 7.69. The zero-order chi connectivity index (χ0) is 24.2. The summed E-state index contributed by atoms with van der Waals surface area (Å²) in [6, 6.07) is 3.13. The highest BCUT2D eigenvalue weighted by Crippen LogP contribution is 2.51. The number of sulfonamides is 1. The number of alkyl halides is 4. The van der Waals surface area contributed by atoms with Crippen molar-refractivity contribution in [3.8, 4) is 0 Å². The molecule has 4 atom stereocenters. The van der Waals surface area contributed by atoms with Gasteiger partial charge in [0, 0.05) is 13.7 Å². The van der Waals surface area contributed by atoms with Crippen molar-refractivity contribution in [3.05, 3.63) is 34.9 Å². The number of aromatic nitrogens is 1. The van der Waals surface area contributed by atoms with E-state index < -0.39 is 49.4 Å². The molecule has 0 aromatic carbocycles. The molecule has 1 fully saturated rings. The molecule has 9 nitrogen and oxygen atoms in total. The zero-order valence-corrected chi connectivity index (χ0v) is 19.4. The smallest absolute Gasteiger partial charge is 0.369 e. The topological polar surface area (TPSA) is 127 Å². The third-order valence-corrected chi connectivity index (χ3v) is 9.64. The van der Waals surface area contributed by atoms with Gasteiger partial charge in [0.05, 0.1) is 15.5 Å². The second-order valence-electron chi connectivity index (χ2n) is 7.65. The molecule has 33 heavy (non-hydrogen) atoms. The molecule has 0 saturated carbocycles. The molecule has 1 aromatic heterocycles. The van der Waals surface area contributed by atoms with Crippen LogP contribution >= 0.6 is 23.4 Å². The largest absolute Gasteiger partial charge is 0.433 e. The van der Waals surface area contributed by atoms with Crippen LogP contribution in [-0.4, -0.2) is 64.8 Å². The van der Waals surface area contributed by atoms with Gasteiger partial charge in [-0.2, -0.15) is 13.2 Å². The first-order valence-electron chi connectivity index (χ1n) is 9.69. The van der Waals surface area contributed by atoms with Crippen LogP contribution in [0.5, 0.6) is 0 Å². The van der Waals surface area contributed by atoms with Crippen molar-refractivity contribution in [1.29, 1.82) is 0 Å². The Balaban J connectivity index is 1.59. The Labute approximate surface area is 196 Å². The number of fused-ring (bicyclic) bond motifs is 1. The van der Waals surface area contributed by atoms with Crippen LogP contribution in [0.25, 0.3) is 0 Å². The SMILES string of the molecule is CN1C(N)=N[C@@]2(C3SC(C(=O)Nc4cccc(C(F)(F)F)n4)=CC3Cl)CCCOC2S1(=O)=O. The standard InChI is InChI=1S/C18H19ClF3N5O4S2/c1-27-16(23)26-17(6-3-7-31-15(17)33(27,29)30)13-9(19)8-10(32-13)14(28)25-12-5-2-4-11(24-12)18(20,21)22/h2,4-5,8-9,13,15H,3,6-7H2,1H3,(H2,23,26)(H,24,25,28)/t9?,13?,15?,17-/m1/s1. The fraction of sp³-hybridized carbons (Fsp3) is 0.500. The molecule has 4 rings (SSSR count). The van der Waals surface area contributed by atoms with E-state index >= 15 is 0 Å². The highest BCUT2D eigenvalue weighted by Gasteiger charge is 2.61. The van der Waals surface area contributed by atoms with Crippen LogP contribution in [-0.2, 0) is 25.7 Å². The Morgan fingerprint density at radius 3 is 2.85 bits per heavy atom. The Morgan fingerprint density at radius 1 is 1.42 bits per heavy atom. The minimum Gasteiger partial charge on any atom is -0.369 e. The number of nitrogens with zero attached hydrogens (tertiary/aromatic N) is 3. The Morgan fingerprint density at radius 2 is 2.15 bits per heavy atom. The number of amides is 1. The summed E-state index contributed by atoms with van der Waals surface area (Å²) < 4.78 is 71.1. The summed E-state index contributed by atoms with van der Waals surface area (Å²) >= 11 is 7.50. The second kappa shape index (κ2) is 8.32. The summed E-state index contributed by atoms with van der Waals surface area (Å²) in [6.07, 6.45) is -2.44. The molecular formula is C18H19ClF3N5O4S2. The molecule has 3 N–H and O–H groups in total. The van der Waals surface area contributed by atoms with Gasteiger partial charge in [0.25, 0.3) is 15.9 Å². The molecule has 0 aliphatic carbocycles. The summed E-state index contributed by atoms with van der Waals surface area (Å²) in [5.74, 6) is -1.23. The van der Waals surface area contributed by atoms with Crippen LogP contribution in [0.4, 0.5) is 19.0 Å². The number of hydrogen-bond donors (Lipinski definition) is 2. The number of carbonyl (C=O) groups excluding carboxylic acids is 1. The fourth-order valence-electron chi connectivity index (χ4n) is 3.98. The lowest BCUT2D eigenvalue weighted by Crippen LogP contribution is -2.65. The molecule has 1 saturated heterocycles. The average Bonchev–Trinajstić information content (AvgIpc) is 3.14. The maximum absolute atomic E-state index is 13.0. The Hall–Kier alpha value is -2.03. The van der Waals surface area contributed by atoms with Crippen LogP contribution in [0, 0.1) is 0 Å². The van der Waals surface area contributed by atoms with E-state index in [4.69, 9.17) is 22.1 Å². The maximum Gasteiger partial charge on any atom is 0.433 e. The van der Waals surface area contributed by atoms with E-state index in [0.717, 1.165) is 28.2 Å². The number of anilines is 1. The van der Waals surface area contributed by atoms with Crippen molar-refractivity contribution in [1.82, 2.24) is 9.29 Å². The van der Waals surface area contributed by atoms with E-state index in [9.17, 15) is 26.4 Å². The van der Waals surface area contributed by atoms with Crippen LogP contribution in [0.1, 0.15) is 18.5 Å². The minimum atomic E-state index is -4.67. The van der Waals surface area contributed by atoms with Crippen molar-refractivity contribution in [2.75, 3.05) is 19.0 Å². The first-order valence-corrected chi connectivity index (χ1v) is 12.5. The molecule has 15 heteroatoms. The zero-order valence-electron chi connectivity index (χ0n) is 17.0. The Kier molecular flexibility index (Phi) is 6.08. The number of halogens is 4. The van der Waals surface area contributed by atoms with Gasteiger partial charge in [0.1, 0.15) is 17.1 Å². The number of nitrogens with two attached hydrogens (primary N) is 1. The van der Waals surface area contributed by atoms with E-state index in [0.29, 0.717) is 12.8 Å². The number of rotatable bonds is 3. The lowest BCUT2D eigenvalue weighted by molar-refractivity contribution is -0.141. The normalized spacial score (nSPS) is 31.4. The van der Waals surface area contributed by atoms with Gasteiger partial charge in [0.15, 0.2) is 0 Å². The number of aliphatic imine (C=N–C) groups is 1. The number of thioether (sulfide) groups is 1. The third kappa shape index (κ3) is 4.17. The summed E-state index contributed by atoms with van der Waals surface area (Å²) in [5.41, 5.74) is 2.08. The van der Waals surface area contributed by atoms with Gasteiger partial charge >= 0.3 is 6.18 Å². The second-order valence-corrected chi connectivity index (χ2v) is 11.3. The molecule has 1 aromatic rings. The lowest BCUT2D eigenvalue weighted by Gasteiger charge is -2.48. The van der Waals surface area contributed by atoms with E-state index in [1.807, 2.05) is 0 Å². The van der Waals surface area contributed by atoms with Crippen LogP contribution in [0.3, 0.4) is 0 Å². The molecule has 3 aliphatic heterocycles. The van der Waals surface area contributed by atoms with Gasteiger partial charge in [-0.3, -0.25) is 4.79 Å². The monoisotopic (exact) mass is 525 g/mol. The molecule has 3 aliphatic rings. The summed E-state index contributed by atoms with van der Waals surface area (Å²) in [6.45, 7) is 0.210. The van der Waals surface area contributed by atoms with E-state index in [1.165, 1.54) is 19.2 Å². The predicted molar refractivity (Wildman–Crippen MR) is 117 cm³/mol. The molecule has 1 amide bonds. The van der Waals surface area contributed by atoms with Gasteiger partial charge in [0.2, 0.25) is 11.4 Å².